The molecule has 0 amide bonds. The Morgan fingerprint density at radius 3 is 1.32 bits per heavy atom. The van der Waals surface area contributed by atoms with Gasteiger partial charge in [-0.25, -0.2) is 0 Å². The SMILES string of the molecule is CC(C)C(P)(C(C)C)[C]12[CH]3[CH]4[CH]5[CH]1[Fe]45321678[CH]2[CH]1[CH]6[CH]7[CH]28. The molecule has 0 aliphatic carbocycles. The molecule has 1 spiro atoms. The van der Waals surface area contributed by atoms with Crippen LogP contribution in [-0.4, -0.2) is 5.16 Å². The summed E-state index contributed by atoms with van der Waals surface area (Å²) in [6.07, 6.45) is 0. The average molecular weight is 316 g/mol. The van der Waals surface area contributed by atoms with Gasteiger partial charge < -0.3 is 0 Å². The molecule has 2 heteroatoms. The van der Waals surface area contributed by atoms with Crippen LogP contribution in [0.25, 0.3) is 0 Å². The van der Waals surface area contributed by atoms with Crippen LogP contribution in [0.5, 0.6) is 0 Å². The Balaban J connectivity index is 1.54. The zero-order chi connectivity index (χ0) is 12.7. The monoisotopic (exact) mass is 316 g/mol. The summed E-state index contributed by atoms with van der Waals surface area (Å²) in [5.41, 5.74) is 0. The van der Waals surface area contributed by atoms with E-state index in [9.17, 15) is 0 Å². The van der Waals surface area contributed by atoms with Gasteiger partial charge in [0.15, 0.2) is 0 Å². The molecule has 10 fully saturated rings. The van der Waals surface area contributed by atoms with Gasteiger partial charge >= 0.3 is 108 Å². The van der Waals surface area contributed by atoms with E-state index in [0.717, 1.165) is 16.1 Å². The van der Waals surface area contributed by atoms with E-state index in [0.29, 0.717) is 5.16 Å². The second kappa shape index (κ2) is 0.738. The molecule has 5 atom stereocenters. The molecular formula is C17H25FeP. The molecule has 106 valence electrons. The Labute approximate surface area is 108 Å². The average Bonchev–Trinajstić information content (AvgIpc) is 3.28. The van der Waals surface area contributed by atoms with E-state index < -0.39 is 6.51 Å². The van der Waals surface area contributed by atoms with Gasteiger partial charge in [-0.3, -0.25) is 0 Å². The molecule has 10 saturated heterocycles. The molecule has 5 unspecified atom stereocenters. The number of hydrogen-bond acceptors (Lipinski definition) is 0. The Hall–Kier alpha value is 0.949. The van der Waals surface area contributed by atoms with Crippen molar-refractivity contribution in [1.29, 1.82) is 0 Å². The maximum absolute atomic E-state index is 3.56. The zero-order valence-electron chi connectivity index (χ0n) is 12.3. The van der Waals surface area contributed by atoms with E-state index >= 15 is 0 Å². The number of fused-ring (bicyclic) bond motifs is 10. The molecule has 0 N–H and O–H groups in total. The van der Waals surface area contributed by atoms with Crippen LogP contribution in [-0.2, 0) is 6.51 Å². The first kappa shape index (κ1) is 8.55. The van der Waals surface area contributed by atoms with Crippen molar-refractivity contribution in [2.45, 2.75) is 80.5 Å². The van der Waals surface area contributed by atoms with Crippen LogP contribution in [0.1, 0.15) is 27.7 Å². The second-order valence-electron chi connectivity index (χ2n) is 12.9. The molecule has 0 nitrogen and oxygen atoms in total. The van der Waals surface area contributed by atoms with E-state index in [4.69, 9.17) is 0 Å². The third kappa shape index (κ3) is 0.0986. The molecule has 0 bridgehead atoms. The van der Waals surface area contributed by atoms with Crippen LogP contribution in [0.2, 0.25) is 47.7 Å². The van der Waals surface area contributed by atoms with Crippen LogP contribution in [0, 0.1) is 11.8 Å². The molecule has 0 radical (unpaired) electrons. The minimum absolute atomic E-state index is 0.655. The molecule has 10 heterocycles. The first-order chi connectivity index (χ1) is 8.68. The maximum atomic E-state index is 3.56. The first-order valence-corrected chi connectivity index (χ1v) is 15.6. The first-order valence-electron chi connectivity index (χ1n) is 8.68. The van der Waals surface area contributed by atoms with Crippen molar-refractivity contribution in [3.05, 3.63) is 0 Å². The molecule has 10 aliphatic rings. The zero-order valence-corrected chi connectivity index (χ0v) is 14.5. The summed E-state index contributed by atoms with van der Waals surface area (Å²) in [6.45, 7) is 7.38. The molecule has 10 rings (SSSR count). The molecule has 0 aromatic carbocycles. The van der Waals surface area contributed by atoms with E-state index in [2.05, 4.69) is 36.9 Å². The summed E-state index contributed by atoms with van der Waals surface area (Å²) in [4.78, 5) is 13.3. The molecule has 19 heavy (non-hydrogen) atoms. The molecule has 10 aliphatic heterocycles. The molecule has 0 saturated carbocycles. The predicted octanol–water partition coefficient (Wildman–Crippen LogP) is 5.67. The summed E-state index contributed by atoms with van der Waals surface area (Å²) < 4.78 is 1.05. The summed E-state index contributed by atoms with van der Waals surface area (Å²) in [5, 5.41) is 0.655. The van der Waals surface area contributed by atoms with Crippen molar-refractivity contribution in [1.82, 2.24) is 0 Å². The molecule has 0 aromatic heterocycles. The number of hydrogen-bond donors (Lipinski definition) is 0. The summed E-state index contributed by atoms with van der Waals surface area (Å²) in [5.74, 6) is 1.80. The Morgan fingerprint density at radius 2 is 1.16 bits per heavy atom. The standard InChI is InChI=1S/C12H20P.C5H5.Fe/c1-9(2)12(13,10(3)4)11-7-5-6-8-11;1-2-4-5-3-1;/h5-10H,13H2,1-4H3;1-5H;. The van der Waals surface area contributed by atoms with Gasteiger partial charge in [0.05, 0.1) is 0 Å². The molecule has 0 aromatic rings. The van der Waals surface area contributed by atoms with Crippen molar-refractivity contribution in [3.8, 4) is 0 Å². The fraction of sp³-hybridized carbons (Fsp3) is 1.00. The van der Waals surface area contributed by atoms with Crippen LogP contribution in [0.15, 0.2) is 0 Å². The minimum atomic E-state index is -2.90. The Bertz CT molecular complexity index is 930. The van der Waals surface area contributed by atoms with Gasteiger partial charge in [0.1, 0.15) is 0 Å². The third-order valence-electron chi connectivity index (χ3n) is 17.2. The van der Waals surface area contributed by atoms with Crippen molar-refractivity contribution >= 4 is 9.24 Å². The summed E-state index contributed by atoms with van der Waals surface area (Å²) in [6, 6.07) is 0. The van der Waals surface area contributed by atoms with Gasteiger partial charge in [-0.1, -0.05) is 0 Å². The van der Waals surface area contributed by atoms with E-state index in [-0.39, 0.29) is 0 Å². The van der Waals surface area contributed by atoms with Gasteiger partial charge in [0, 0.05) is 0 Å². The summed E-state index contributed by atoms with van der Waals surface area (Å²) >= 11 is 0. The van der Waals surface area contributed by atoms with Crippen molar-refractivity contribution in [3.63, 3.8) is 0 Å². The third-order valence-corrected chi connectivity index (χ3v) is 61.9. The van der Waals surface area contributed by atoms with Crippen LogP contribution in [0.3, 0.4) is 0 Å². The van der Waals surface area contributed by atoms with Crippen molar-refractivity contribution in [2.75, 3.05) is 0 Å². The van der Waals surface area contributed by atoms with Gasteiger partial charge in [-0.15, -0.1) is 0 Å². The van der Waals surface area contributed by atoms with Crippen molar-refractivity contribution < 1.29 is 6.51 Å². The fourth-order valence-electron chi connectivity index (χ4n) is 18.9. The normalized spacial score (nSPS) is 110. The fourth-order valence-corrected chi connectivity index (χ4v) is 97.5. The van der Waals surface area contributed by atoms with E-state index in [1.807, 2.05) is 0 Å². The topological polar surface area (TPSA) is 0 Å². The molecular weight excluding hydrogens is 291 g/mol. The Kier molecular flexibility index (Phi) is 0.332. The number of rotatable bonds is 3. The van der Waals surface area contributed by atoms with Crippen LogP contribution in [0.4, 0.5) is 0 Å². The predicted molar refractivity (Wildman–Crippen MR) is 78.6 cm³/mol. The van der Waals surface area contributed by atoms with E-state index in [1.54, 1.807) is 0 Å². The summed E-state index contributed by atoms with van der Waals surface area (Å²) in [7, 11) is 3.56. The van der Waals surface area contributed by atoms with Gasteiger partial charge in [-0.2, -0.15) is 0 Å². The Morgan fingerprint density at radius 1 is 0.789 bits per heavy atom. The quantitative estimate of drug-likeness (QED) is 0.465. The van der Waals surface area contributed by atoms with Gasteiger partial charge in [0.2, 0.25) is 0 Å². The van der Waals surface area contributed by atoms with Crippen molar-refractivity contribution in [2.24, 2.45) is 11.8 Å². The van der Waals surface area contributed by atoms with Crippen LogP contribution >= 0.6 is 9.24 Å². The van der Waals surface area contributed by atoms with Gasteiger partial charge in [0.25, 0.3) is 0 Å². The second-order valence-corrected chi connectivity index (χ2v) is 37.4. The van der Waals surface area contributed by atoms with Crippen LogP contribution < -0.4 is 0 Å². The van der Waals surface area contributed by atoms with E-state index in [1.165, 1.54) is 43.3 Å². The van der Waals surface area contributed by atoms with Gasteiger partial charge in [-0.05, 0) is 0 Å².